The van der Waals surface area contributed by atoms with E-state index < -0.39 is 5.97 Å². The molecule has 1 N–H and O–H groups in total. The van der Waals surface area contributed by atoms with Gasteiger partial charge in [-0.05, 0) is 29.9 Å². The van der Waals surface area contributed by atoms with Gasteiger partial charge in [0, 0.05) is 22.6 Å². The van der Waals surface area contributed by atoms with E-state index in [9.17, 15) is 9.90 Å². The van der Waals surface area contributed by atoms with Crippen LogP contribution < -0.4 is 0 Å². The minimum absolute atomic E-state index is 0.217. The molecule has 0 aromatic heterocycles. The van der Waals surface area contributed by atoms with Crippen LogP contribution in [0.2, 0.25) is 0 Å². The fourth-order valence-corrected chi connectivity index (χ4v) is 2.14. The van der Waals surface area contributed by atoms with Gasteiger partial charge in [0.15, 0.2) is 0 Å². The van der Waals surface area contributed by atoms with Crippen LogP contribution in [0.4, 0.5) is 0 Å². The van der Waals surface area contributed by atoms with Crippen LogP contribution in [0.25, 0.3) is 0 Å². The Labute approximate surface area is 133 Å². The maximum Gasteiger partial charge on any atom is 0.384 e. The summed E-state index contributed by atoms with van der Waals surface area (Å²) in [4.78, 5) is 11.4. The van der Waals surface area contributed by atoms with Gasteiger partial charge in [-0.3, -0.25) is 0 Å². The van der Waals surface area contributed by atoms with Crippen molar-refractivity contribution in [2.45, 2.75) is 59.3 Å². The first kappa shape index (κ1) is 18.1. The normalized spacial score (nSPS) is 11.6. The molecule has 0 spiro atoms. The van der Waals surface area contributed by atoms with E-state index in [-0.39, 0.29) is 10.8 Å². The van der Waals surface area contributed by atoms with Crippen molar-refractivity contribution >= 4 is 5.97 Å². The molecule has 1 aromatic rings. The summed E-state index contributed by atoms with van der Waals surface area (Å²) in [5.41, 5.74) is 1.93. The number of ether oxygens (including phenoxy) is 1. The Morgan fingerprint density at radius 1 is 1.09 bits per heavy atom. The van der Waals surface area contributed by atoms with E-state index in [1.54, 1.807) is 6.92 Å². The summed E-state index contributed by atoms with van der Waals surface area (Å²) in [6.45, 7) is 14.3. The number of aromatic hydroxyl groups is 1. The highest BCUT2D eigenvalue weighted by atomic mass is 16.5. The fourth-order valence-electron chi connectivity index (χ4n) is 2.14. The predicted molar refractivity (Wildman–Crippen MR) is 89.0 cm³/mol. The monoisotopic (exact) mass is 302 g/mol. The summed E-state index contributed by atoms with van der Waals surface area (Å²) < 4.78 is 4.82. The Morgan fingerprint density at radius 3 is 1.91 bits per heavy atom. The molecule has 0 saturated heterocycles. The Morgan fingerprint density at radius 2 is 1.55 bits per heavy atom. The number of hydrogen-bond acceptors (Lipinski definition) is 3. The molecule has 0 unspecified atom stereocenters. The van der Waals surface area contributed by atoms with Gasteiger partial charge in [-0.25, -0.2) is 4.79 Å². The number of esters is 1. The first-order valence-corrected chi connectivity index (χ1v) is 7.53. The second-order valence-corrected chi connectivity index (χ2v) is 7.39. The topological polar surface area (TPSA) is 46.5 Å². The number of hydrogen-bond donors (Lipinski definition) is 1. The Kier molecular flexibility index (Phi) is 5.30. The van der Waals surface area contributed by atoms with Crippen molar-refractivity contribution in [2.75, 3.05) is 6.61 Å². The molecule has 0 aliphatic rings. The molecule has 120 valence electrons. The van der Waals surface area contributed by atoms with E-state index in [4.69, 9.17) is 4.74 Å². The third kappa shape index (κ3) is 4.53. The van der Waals surface area contributed by atoms with Crippen molar-refractivity contribution in [3.63, 3.8) is 0 Å². The van der Waals surface area contributed by atoms with Crippen molar-refractivity contribution in [2.24, 2.45) is 0 Å². The first-order valence-electron chi connectivity index (χ1n) is 7.53. The molecule has 3 heteroatoms. The van der Waals surface area contributed by atoms with E-state index in [2.05, 4.69) is 11.8 Å². The van der Waals surface area contributed by atoms with Crippen LogP contribution in [0.3, 0.4) is 0 Å². The number of carbonyl (C=O) groups is 1. The second kappa shape index (κ2) is 6.44. The second-order valence-electron chi connectivity index (χ2n) is 7.39. The lowest BCUT2D eigenvalue weighted by molar-refractivity contribution is -0.136. The van der Waals surface area contributed by atoms with Crippen LogP contribution in [-0.4, -0.2) is 17.7 Å². The highest BCUT2D eigenvalue weighted by Gasteiger charge is 2.26. The summed E-state index contributed by atoms with van der Waals surface area (Å²) in [5.74, 6) is 5.10. The van der Waals surface area contributed by atoms with Gasteiger partial charge in [-0.2, -0.15) is 0 Å². The highest BCUT2D eigenvalue weighted by molar-refractivity contribution is 5.89. The number of phenolic OH excluding ortho intramolecular Hbond substituents is 1. The van der Waals surface area contributed by atoms with Crippen molar-refractivity contribution in [3.05, 3.63) is 28.8 Å². The molecule has 0 heterocycles. The first-order chi connectivity index (χ1) is 9.96. The zero-order valence-corrected chi connectivity index (χ0v) is 14.6. The minimum atomic E-state index is -0.537. The van der Waals surface area contributed by atoms with Crippen LogP contribution in [-0.2, 0) is 20.4 Å². The van der Waals surface area contributed by atoms with E-state index in [1.165, 1.54) is 0 Å². The van der Waals surface area contributed by atoms with Crippen LogP contribution in [0.1, 0.15) is 65.2 Å². The number of benzene rings is 1. The zero-order valence-electron chi connectivity index (χ0n) is 14.6. The van der Waals surface area contributed by atoms with E-state index in [0.717, 1.165) is 11.1 Å². The van der Waals surface area contributed by atoms with E-state index >= 15 is 0 Å². The molecule has 3 nitrogen and oxygen atoms in total. The SMILES string of the molecule is CCOC(=O)C#Cc1cc(C(C)(C)C)c(O)c(C(C)(C)C)c1. The van der Waals surface area contributed by atoms with Crippen molar-refractivity contribution < 1.29 is 14.6 Å². The quantitative estimate of drug-likeness (QED) is 0.632. The van der Waals surface area contributed by atoms with E-state index in [1.807, 2.05) is 53.7 Å². The van der Waals surface area contributed by atoms with Crippen molar-refractivity contribution in [1.29, 1.82) is 0 Å². The lowest BCUT2D eigenvalue weighted by atomic mass is 9.78. The molecule has 0 atom stereocenters. The summed E-state index contributed by atoms with van der Waals surface area (Å²) in [7, 11) is 0. The summed E-state index contributed by atoms with van der Waals surface area (Å²) in [6, 6.07) is 3.69. The maximum absolute atomic E-state index is 11.4. The highest BCUT2D eigenvalue weighted by Crippen LogP contribution is 2.39. The standard InChI is InChI=1S/C19H26O3/c1-8-22-16(20)10-9-13-11-14(18(2,3)4)17(21)15(12-13)19(5,6)7/h11-12,21H,8H2,1-7H3. The molecule has 0 saturated carbocycles. The third-order valence-electron chi connectivity index (χ3n) is 3.31. The Bertz CT molecular complexity index is 582. The van der Waals surface area contributed by atoms with Gasteiger partial charge in [0.1, 0.15) is 5.75 Å². The summed E-state index contributed by atoms with van der Waals surface area (Å²) in [5, 5.41) is 10.6. The van der Waals surface area contributed by atoms with Crippen molar-refractivity contribution in [1.82, 2.24) is 0 Å². The smallest absolute Gasteiger partial charge is 0.384 e. The van der Waals surface area contributed by atoms with Gasteiger partial charge in [0.25, 0.3) is 0 Å². The number of phenols is 1. The van der Waals surface area contributed by atoms with Crippen LogP contribution in [0, 0.1) is 11.8 Å². The van der Waals surface area contributed by atoms with Crippen LogP contribution in [0.5, 0.6) is 5.75 Å². The maximum atomic E-state index is 11.4. The molecule has 0 radical (unpaired) electrons. The molecular formula is C19H26O3. The van der Waals surface area contributed by atoms with Gasteiger partial charge >= 0.3 is 5.97 Å². The summed E-state index contributed by atoms with van der Waals surface area (Å²) >= 11 is 0. The lowest BCUT2D eigenvalue weighted by Gasteiger charge is -2.27. The predicted octanol–water partition coefficient (Wildman–Crippen LogP) is 3.90. The van der Waals surface area contributed by atoms with Crippen LogP contribution >= 0.6 is 0 Å². The third-order valence-corrected chi connectivity index (χ3v) is 3.31. The van der Waals surface area contributed by atoms with Gasteiger partial charge in [-0.15, -0.1) is 0 Å². The number of carbonyl (C=O) groups excluding carboxylic acids is 1. The molecule has 0 amide bonds. The fraction of sp³-hybridized carbons (Fsp3) is 0.526. The average molecular weight is 302 g/mol. The largest absolute Gasteiger partial charge is 0.507 e. The van der Waals surface area contributed by atoms with Gasteiger partial charge in [-0.1, -0.05) is 47.5 Å². The average Bonchev–Trinajstić information content (AvgIpc) is 2.35. The van der Waals surface area contributed by atoms with Crippen LogP contribution in [0.15, 0.2) is 12.1 Å². The molecule has 0 aliphatic carbocycles. The molecule has 0 fully saturated rings. The molecule has 0 aliphatic heterocycles. The Balaban J connectivity index is 3.45. The molecule has 22 heavy (non-hydrogen) atoms. The molecular weight excluding hydrogens is 276 g/mol. The van der Waals surface area contributed by atoms with Gasteiger partial charge in [0.05, 0.1) is 6.61 Å². The summed E-state index contributed by atoms with van der Waals surface area (Å²) in [6.07, 6.45) is 0. The zero-order chi connectivity index (χ0) is 17.1. The van der Waals surface area contributed by atoms with Gasteiger partial charge in [0.2, 0.25) is 0 Å². The van der Waals surface area contributed by atoms with E-state index in [0.29, 0.717) is 17.9 Å². The number of rotatable bonds is 1. The van der Waals surface area contributed by atoms with Crippen molar-refractivity contribution in [3.8, 4) is 17.6 Å². The lowest BCUT2D eigenvalue weighted by Crippen LogP contribution is -2.17. The minimum Gasteiger partial charge on any atom is -0.507 e. The van der Waals surface area contributed by atoms with Gasteiger partial charge < -0.3 is 9.84 Å². The molecule has 1 aromatic carbocycles. The molecule has 0 bridgehead atoms. The molecule has 1 rings (SSSR count). The Hall–Kier alpha value is -1.95.